The number of halogens is 1. The van der Waals surface area contributed by atoms with Crippen molar-refractivity contribution in [3.8, 4) is 5.69 Å². The van der Waals surface area contributed by atoms with Crippen molar-refractivity contribution in [2.75, 3.05) is 37.6 Å². The predicted molar refractivity (Wildman–Crippen MR) is 121 cm³/mol. The van der Waals surface area contributed by atoms with Gasteiger partial charge in [-0.25, -0.2) is 19.4 Å². The molecule has 2 amide bonds. The molecule has 8 nitrogen and oxygen atoms in total. The zero-order valence-corrected chi connectivity index (χ0v) is 18.3. The number of hydrogen-bond acceptors (Lipinski definition) is 5. The van der Waals surface area contributed by atoms with E-state index in [9.17, 15) is 4.79 Å². The van der Waals surface area contributed by atoms with Crippen LogP contribution in [0.5, 0.6) is 0 Å². The summed E-state index contributed by atoms with van der Waals surface area (Å²) in [7, 11) is 0. The van der Waals surface area contributed by atoms with Crippen LogP contribution >= 0.6 is 11.6 Å². The molecule has 0 spiro atoms. The molecular formula is C22H26ClN7O. The quantitative estimate of drug-likeness (QED) is 0.672. The molecule has 5 rings (SSSR count). The molecule has 1 saturated carbocycles. The van der Waals surface area contributed by atoms with E-state index in [1.54, 1.807) is 0 Å². The molecule has 31 heavy (non-hydrogen) atoms. The zero-order valence-electron chi connectivity index (χ0n) is 17.6. The highest BCUT2D eigenvalue weighted by Gasteiger charge is 2.30. The summed E-state index contributed by atoms with van der Waals surface area (Å²) < 4.78 is 1.84. The van der Waals surface area contributed by atoms with Gasteiger partial charge >= 0.3 is 6.03 Å². The Bertz CT molecular complexity index is 1110. The van der Waals surface area contributed by atoms with Gasteiger partial charge in [0.1, 0.15) is 11.6 Å². The summed E-state index contributed by atoms with van der Waals surface area (Å²) in [6.45, 7) is 5.56. The Balaban J connectivity index is 1.52. The first-order valence-electron chi connectivity index (χ1n) is 10.9. The van der Waals surface area contributed by atoms with Crippen LogP contribution in [0.1, 0.15) is 37.9 Å². The van der Waals surface area contributed by atoms with Gasteiger partial charge < -0.3 is 15.1 Å². The fourth-order valence-electron chi connectivity index (χ4n) is 4.07. The van der Waals surface area contributed by atoms with Crippen LogP contribution in [0, 0.1) is 0 Å². The van der Waals surface area contributed by atoms with Gasteiger partial charge in [0.25, 0.3) is 0 Å². The average molecular weight is 440 g/mol. The Labute approximate surface area is 186 Å². The second-order valence-corrected chi connectivity index (χ2v) is 8.55. The van der Waals surface area contributed by atoms with Gasteiger partial charge in [-0.15, -0.1) is 0 Å². The molecule has 0 atom stereocenters. The van der Waals surface area contributed by atoms with Crippen LogP contribution in [-0.4, -0.2) is 63.4 Å². The maximum atomic E-state index is 12.3. The number of urea groups is 1. The highest BCUT2D eigenvalue weighted by Crippen LogP contribution is 2.40. The number of benzene rings is 1. The monoisotopic (exact) mass is 439 g/mol. The van der Waals surface area contributed by atoms with Gasteiger partial charge in [-0.1, -0.05) is 17.7 Å². The van der Waals surface area contributed by atoms with Gasteiger partial charge in [0.2, 0.25) is 0 Å². The summed E-state index contributed by atoms with van der Waals surface area (Å²) in [5, 5.41) is 9.12. The fraction of sp³-hybridized carbons (Fsp3) is 0.455. The lowest BCUT2D eigenvalue weighted by Crippen LogP contribution is -2.42. The van der Waals surface area contributed by atoms with Gasteiger partial charge in [0, 0.05) is 43.7 Å². The second kappa shape index (κ2) is 8.34. The van der Waals surface area contributed by atoms with Gasteiger partial charge in [0.05, 0.1) is 17.3 Å². The minimum Gasteiger partial charge on any atom is -0.354 e. The maximum Gasteiger partial charge on any atom is 0.317 e. The summed E-state index contributed by atoms with van der Waals surface area (Å²) in [6, 6.07) is 7.64. The standard InChI is InChI=1S/C22H26ClN7O/c1-2-24-22(31)29-10-4-9-28(11-12-29)20-18-14-25-30(17-6-3-5-16(23)13-17)21(18)27-19(26-20)15-7-8-15/h3,5-6,13-15H,2,4,7-12H2,1H3,(H,24,31). The Morgan fingerprint density at radius 2 is 2.06 bits per heavy atom. The molecule has 1 saturated heterocycles. The van der Waals surface area contributed by atoms with E-state index in [4.69, 9.17) is 21.6 Å². The first-order valence-corrected chi connectivity index (χ1v) is 11.3. The minimum absolute atomic E-state index is 0.00429. The normalized spacial score (nSPS) is 17.1. The lowest BCUT2D eigenvalue weighted by molar-refractivity contribution is 0.202. The van der Waals surface area contributed by atoms with E-state index >= 15 is 0 Å². The van der Waals surface area contributed by atoms with Gasteiger partial charge in [-0.2, -0.15) is 5.10 Å². The molecule has 1 aliphatic carbocycles. The predicted octanol–water partition coefficient (Wildman–Crippen LogP) is 3.59. The van der Waals surface area contributed by atoms with Crippen LogP contribution in [0.2, 0.25) is 5.02 Å². The van der Waals surface area contributed by atoms with Crippen molar-refractivity contribution in [3.63, 3.8) is 0 Å². The Morgan fingerprint density at radius 1 is 1.19 bits per heavy atom. The van der Waals surface area contributed by atoms with E-state index in [0.717, 1.165) is 67.3 Å². The van der Waals surface area contributed by atoms with E-state index in [-0.39, 0.29) is 6.03 Å². The summed E-state index contributed by atoms with van der Waals surface area (Å²) in [4.78, 5) is 26.3. The van der Waals surface area contributed by atoms with Crippen molar-refractivity contribution in [2.24, 2.45) is 0 Å². The molecule has 3 heterocycles. The molecule has 0 unspecified atom stereocenters. The third kappa shape index (κ3) is 4.04. The van der Waals surface area contributed by atoms with Gasteiger partial charge in [-0.05, 0) is 44.4 Å². The maximum absolute atomic E-state index is 12.3. The number of fused-ring (bicyclic) bond motifs is 1. The van der Waals surface area contributed by atoms with Crippen LogP contribution < -0.4 is 10.2 Å². The highest BCUT2D eigenvalue weighted by molar-refractivity contribution is 6.30. The number of carbonyl (C=O) groups excluding carboxylic acids is 1. The number of aromatic nitrogens is 4. The molecule has 1 aromatic carbocycles. The summed E-state index contributed by atoms with van der Waals surface area (Å²) in [5.41, 5.74) is 1.69. The van der Waals surface area contributed by atoms with E-state index in [2.05, 4.69) is 15.3 Å². The Morgan fingerprint density at radius 3 is 2.84 bits per heavy atom. The smallest absolute Gasteiger partial charge is 0.317 e. The molecule has 9 heteroatoms. The number of carbonyl (C=O) groups is 1. The molecule has 162 valence electrons. The number of hydrogen-bond donors (Lipinski definition) is 1. The minimum atomic E-state index is 0.00429. The average Bonchev–Trinajstić information content (AvgIpc) is 3.56. The molecule has 1 aliphatic heterocycles. The molecule has 2 aromatic heterocycles. The fourth-order valence-corrected chi connectivity index (χ4v) is 4.25. The number of anilines is 1. The number of nitrogens with zero attached hydrogens (tertiary/aromatic N) is 6. The van der Waals surface area contributed by atoms with Gasteiger partial charge in [-0.3, -0.25) is 0 Å². The lowest BCUT2D eigenvalue weighted by Gasteiger charge is -2.23. The van der Waals surface area contributed by atoms with Crippen molar-refractivity contribution >= 4 is 34.5 Å². The third-order valence-electron chi connectivity index (χ3n) is 5.83. The highest BCUT2D eigenvalue weighted by atomic mass is 35.5. The summed E-state index contributed by atoms with van der Waals surface area (Å²) in [5.74, 6) is 2.22. The van der Waals surface area contributed by atoms with E-state index in [1.807, 2.05) is 47.0 Å². The molecule has 0 radical (unpaired) electrons. The Hall–Kier alpha value is -2.87. The second-order valence-electron chi connectivity index (χ2n) is 8.12. The Kier molecular flexibility index (Phi) is 5.40. The lowest BCUT2D eigenvalue weighted by atomic mass is 10.3. The third-order valence-corrected chi connectivity index (χ3v) is 6.07. The molecule has 0 bridgehead atoms. The molecule has 1 N–H and O–H groups in total. The van der Waals surface area contributed by atoms with E-state index in [0.29, 0.717) is 24.0 Å². The van der Waals surface area contributed by atoms with Crippen molar-refractivity contribution in [2.45, 2.75) is 32.1 Å². The number of amides is 2. The van der Waals surface area contributed by atoms with Crippen LogP contribution in [0.3, 0.4) is 0 Å². The van der Waals surface area contributed by atoms with Crippen LogP contribution in [0.15, 0.2) is 30.5 Å². The summed E-state index contributed by atoms with van der Waals surface area (Å²) >= 11 is 6.22. The number of nitrogens with one attached hydrogen (secondary N) is 1. The first-order chi connectivity index (χ1) is 15.1. The van der Waals surface area contributed by atoms with Crippen molar-refractivity contribution < 1.29 is 4.79 Å². The van der Waals surface area contributed by atoms with Crippen LogP contribution in [-0.2, 0) is 0 Å². The van der Waals surface area contributed by atoms with Crippen molar-refractivity contribution in [1.29, 1.82) is 0 Å². The molecule has 2 aliphatic rings. The van der Waals surface area contributed by atoms with Gasteiger partial charge in [0.15, 0.2) is 5.65 Å². The van der Waals surface area contributed by atoms with E-state index < -0.39 is 0 Å². The molecule has 2 fully saturated rings. The number of rotatable bonds is 4. The van der Waals surface area contributed by atoms with Crippen molar-refractivity contribution in [3.05, 3.63) is 41.3 Å². The SMILES string of the molecule is CCNC(=O)N1CCCN(c2nc(C3CC3)nc3c2cnn3-c2cccc(Cl)c2)CC1. The van der Waals surface area contributed by atoms with Crippen LogP contribution in [0.25, 0.3) is 16.7 Å². The van der Waals surface area contributed by atoms with E-state index in [1.165, 1.54) is 0 Å². The zero-order chi connectivity index (χ0) is 21.4. The van der Waals surface area contributed by atoms with Crippen molar-refractivity contribution in [1.82, 2.24) is 30.0 Å². The first kappa shape index (κ1) is 20.1. The molecule has 3 aromatic rings. The largest absolute Gasteiger partial charge is 0.354 e. The molecular weight excluding hydrogens is 414 g/mol. The van der Waals surface area contributed by atoms with Crippen LogP contribution in [0.4, 0.5) is 10.6 Å². The summed E-state index contributed by atoms with van der Waals surface area (Å²) in [6.07, 6.45) is 4.99. The topological polar surface area (TPSA) is 79.2 Å².